The molecular weight excluding hydrogens is 494 g/mol. The summed E-state index contributed by atoms with van der Waals surface area (Å²) in [6.07, 6.45) is 0. The van der Waals surface area contributed by atoms with Gasteiger partial charge in [-0.3, -0.25) is 14.9 Å². The SMILES string of the molecule is COc1cc(C(=O)NC(=S)Nc2ccc(NC(=O)c3cc4ccccc4o3)c(C)c2)cc(OC)c1OC. The highest BCUT2D eigenvalue weighted by molar-refractivity contribution is 7.80. The number of furan rings is 1. The lowest BCUT2D eigenvalue weighted by atomic mass is 10.1. The number of carbonyl (C=O) groups excluding carboxylic acids is 2. The normalized spacial score (nSPS) is 10.5. The van der Waals surface area contributed by atoms with Crippen LogP contribution in [0, 0.1) is 6.92 Å². The fourth-order valence-corrected chi connectivity index (χ4v) is 3.92. The van der Waals surface area contributed by atoms with Gasteiger partial charge in [0, 0.05) is 22.3 Å². The van der Waals surface area contributed by atoms with Gasteiger partial charge in [-0.2, -0.15) is 0 Å². The quantitative estimate of drug-likeness (QED) is 0.288. The number of anilines is 2. The summed E-state index contributed by atoms with van der Waals surface area (Å²) in [5.74, 6) is 0.489. The molecule has 0 saturated heterocycles. The van der Waals surface area contributed by atoms with Gasteiger partial charge in [-0.1, -0.05) is 18.2 Å². The molecule has 4 aromatic rings. The molecule has 37 heavy (non-hydrogen) atoms. The van der Waals surface area contributed by atoms with Gasteiger partial charge in [-0.25, -0.2) is 0 Å². The summed E-state index contributed by atoms with van der Waals surface area (Å²) in [5.41, 5.74) is 2.95. The van der Waals surface area contributed by atoms with Crippen molar-refractivity contribution >= 4 is 51.5 Å². The van der Waals surface area contributed by atoms with Gasteiger partial charge < -0.3 is 29.3 Å². The van der Waals surface area contributed by atoms with Crippen molar-refractivity contribution in [3.8, 4) is 17.2 Å². The maximum Gasteiger partial charge on any atom is 0.291 e. The first kappa shape index (κ1) is 25.5. The fraction of sp³-hybridized carbons (Fsp3) is 0.148. The summed E-state index contributed by atoms with van der Waals surface area (Å²) in [5, 5.41) is 9.41. The van der Waals surface area contributed by atoms with Gasteiger partial charge in [0.25, 0.3) is 11.8 Å². The third-order valence-electron chi connectivity index (χ3n) is 5.54. The number of ether oxygens (including phenoxy) is 3. The van der Waals surface area contributed by atoms with Gasteiger partial charge in [-0.05, 0) is 67.2 Å². The number of hydrogen-bond acceptors (Lipinski definition) is 7. The van der Waals surface area contributed by atoms with Crippen LogP contribution in [0.4, 0.5) is 11.4 Å². The highest BCUT2D eigenvalue weighted by atomic mass is 32.1. The summed E-state index contributed by atoms with van der Waals surface area (Å²) in [7, 11) is 4.42. The third-order valence-corrected chi connectivity index (χ3v) is 5.74. The molecule has 0 radical (unpaired) electrons. The van der Waals surface area contributed by atoms with Crippen LogP contribution in [0.15, 0.2) is 65.1 Å². The van der Waals surface area contributed by atoms with E-state index in [1.165, 1.54) is 33.5 Å². The van der Waals surface area contributed by atoms with E-state index >= 15 is 0 Å². The van der Waals surface area contributed by atoms with Crippen LogP contribution in [0.1, 0.15) is 26.5 Å². The Morgan fingerprint density at radius 3 is 2.16 bits per heavy atom. The highest BCUT2D eigenvalue weighted by Crippen LogP contribution is 2.38. The van der Waals surface area contributed by atoms with Crippen LogP contribution in [0.5, 0.6) is 17.2 Å². The van der Waals surface area contributed by atoms with Crippen LogP contribution in [0.3, 0.4) is 0 Å². The van der Waals surface area contributed by atoms with E-state index < -0.39 is 5.91 Å². The van der Waals surface area contributed by atoms with Crippen LogP contribution in [-0.2, 0) is 0 Å². The number of aryl methyl sites for hydroxylation is 1. The van der Waals surface area contributed by atoms with E-state index in [-0.39, 0.29) is 22.3 Å². The molecule has 0 aliphatic carbocycles. The van der Waals surface area contributed by atoms with Gasteiger partial charge in [0.15, 0.2) is 22.4 Å². The van der Waals surface area contributed by atoms with Crippen molar-refractivity contribution in [3.05, 3.63) is 77.6 Å². The van der Waals surface area contributed by atoms with Gasteiger partial charge in [0.1, 0.15) is 5.58 Å². The number of thiocarbonyl (C=S) groups is 1. The van der Waals surface area contributed by atoms with Crippen molar-refractivity contribution < 1.29 is 28.2 Å². The Kier molecular flexibility index (Phi) is 7.59. The van der Waals surface area contributed by atoms with Gasteiger partial charge in [-0.15, -0.1) is 0 Å². The van der Waals surface area contributed by atoms with E-state index in [0.29, 0.717) is 34.2 Å². The Morgan fingerprint density at radius 1 is 0.838 bits per heavy atom. The Balaban J connectivity index is 1.41. The van der Waals surface area contributed by atoms with Crippen molar-refractivity contribution in [3.63, 3.8) is 0 Å². The van der Waals surface area contributed by atoms with E-state index in [0.717, 1.165) is 10.9 Å². The summed E-state index contributed by atoms with van der Waals surface area (Å²) in [4.78, 5) is 25.4. The molecule has 0 fully saturated rings. The lowest BCUT2D eigenvalue weighted by Crippen LogP contribution is -2.34. The zero-order chi connectivity index (χ0) is 26.5. The second-order valence-electron chi connectivity index (χ2n) is 7.95. The zero-order valence-corrected chi connectivity index (χ0v) is 21.4. The topological polar surface area (TPSA) is 111 Å². The molecular formula is C27H25N3O6S. The predicted molar refractivity (Wildman–Crippen MR) is 145 cm³/mol. The number of rotatable bonds is 7. The lowest BCUT2D eigenvalue weighted by molar-refractivity contribution is 0.0974. The largest absolute Gasteiger partial charge is 0.493 e. The molecule has 2 amide bonds. The number of hydrogen-bond donors (Lipinski definition) is 3. The van der Waals surface area contributed by atoms with Gasteiger partial charge in [0.05, 0.1) is 21.3 Å². The Morgan fingerprint density at radius 2 is 1.54 bits per heavy atom. The molecule has 190 valence electrons. The van der Waals surface area contributed by atoms with E-state index in [2.05, 4.69) is 16.0 Å². The number of amides is 2. The van der Waals surface area contributed by atoms with E-state index in [1.54, 1.807) is 30.3 Å². The first-order valence-corrected chi connectivity index (χ1v) is 11.6. The van der Waals surface area contributed by atoms with Crippen LogP contribution in [-0.4, -0.2) is 38.3 Å². The van der Waals surface area contributed by atoms with Crippen molar-refractivity contribution in [2.24, 2.45) is 0 Å². The lowest BCUT2D eigenvalue weighted by Gasteiger charge is -2.15. The standard InChI is InChI=1S/C27H25N3O6S/c1-15-11-18(9-10-19(15)29-26(32)23-12-16-7-5-6-8-20(16)36-23)28-27(37)30-25(31)17-13-21(33-2)24(35-4)22(14-17)34-3/h5-14H,1-4H3,(H,29,32)(H2,28,30,31,37). The number of carbonyl (C=O) groups is 2. The minimum atomic E-state index is -0.455. The first-order valence-electron chi connectivity index (χ1n) is 11.2. The molecule has 0 unspecified atom stereocenters. The number of methoxy groups -OCH3 is 3. The smallest absolute Gasteiger partial charge is 0.291 e. The molecule has 9 nitrogen and oxygen atoms in total. The third kappa shape index (κ3) is 5.65. The summed E-state index contributed by atoms with van der Waals surface area (Å²) >= 11 is 5.31. The second-order valence-corrected chi connectivity index (χ2v) is 8.36. The maximum atomic E-state index is 12.8. The number of benzene rings is 3. The monoisotopic (exact) mass is 519 g/mol. The second kappa shape index (κ2) is 11.0. The van der Waals surface area contributed by atoms with Gasteiger partial charge in [0.2, 0.25) is 5.75 Å². The van der Waals surface area contributed by atoms with Crippen molar-refractivity contribution in [2.75, 3.05) is 32.0 Å². The molecule has 0 bridgehead atoms. The van der Waals surface area contributed by atoms with E-state index in [9.17, 15) is 9.59 Å². The van der Waals surface area contributed by atoms with Crippen molar-refractivity contribution in [1.29, 1.82) is 0 Å². The number of para-hydroxylation sites is 1. The van der Waals surface area contributed by atoms with Crippen LogP contribution in [0.2, 0.25) is 0 Å². The first-order chi connectivity index (χ1) is 17.8. The molecule has 0 spiro atoms. The molecule has 3 N–H and O–H groups in total. The summed E-state index contributed by atoms with van der Waals surface area (Å²) in [6, 6.07) is 17.4. The van der Waals surface area contributed by atoms with Crippen LogP contribution in [0.25, 0.3) is 11.0 Å². The fourth-order valence-electron chi connectivity index (χ4n) is 3.71. The van der Waals surface area contributed by atoms with Crippen molar-refractivity contribution in [2.45, 2.75) is 6.92 Å². The maximum absolute atomic E-state index is 12.8. The molecule has 0 aliphatic heterocycles. The minimum absolute atomic E-state index is 0.0946. The highest BCUT2D eigenvalue weighted by Gasteiger charge is 2.18. The number of fused-ring (bicyclic) bond motifs is 1. The van der Waals surface area contributed by atoms with Gasteiger partial charge >= 0.3 is 0 Å². The molecule has 0 atom stereocenters. The molecule has 10 heteroatoms. The molecule has 1 aromatic heterocycles. The Labute approximate surface area is 218 Å². The predicted octanol–water partition coefficient (Wildman–Crippen LogP) is 5.15. The average Bonchev–Trinajstić information content (AvgIpc) is 3.33. The number of nitrogens with one attached hydrogen (secondary N) is 3. The summed E-state index contributed by atoms with van der Waals surface area (Å²) < 4.78 is 21.5. The molecule has 1 heterocycles. The Hall–Kier alpha value is -4.57. The van der Waals surface area contributed by atoms with Crippen LogP contribution >= 0.6 is 12.2 Å². The minimum Gasteiger partial charge on any atom is -0.493 e. The summed E-state index contributed by atoms with van der Waals surface area (Å²) in [6.45, 7) is 1.84. The average molecular weight is 520 g/mol. The molecule has 3 aromatic carbocycles. The van der Waals surface area contributed by atoms with Crippen molar-refractivity contribution in [1.82, 2.24) is 5.32 Å². The Bertz CT molecular complexity index is 1440. The van der Waals surface area contributed by atoms with Crippen LogP contribution < -0.4 is 30.2 Å². The molecule has 4 rings (SSSR count). The molecule has 0 saturated carbocycles. The van der Waals surface area contributed by atoms with E-state index in [4.69, 9.17) is 30.8 Å². The zero-order valence-electron chi connectivity index (χ0n) is 20.6. The van der Waals surface area contributed by atoms with E-state index in [1.807, 2.05) is 25.1 Å². The molecule has 0 aliphatic rings.